The molecule has 10 nitrogen and oxygen atoms in total. The summed E-state index contributed by atoms with van der Waals surface area (Å²) in [5.74, 6) is 1.01. The first-order chi connectivity index (χ1) is 20.3. The summed E-state index contributed by atoms with van der Waals surface area (Å²) in [6.07, 6.45) is -1.11. The molecule has 43 heavy (non-hydrogen) atoms. The van der Waals surface area contributed by atoms with Crippen LogP contribution in [-0.4, -0.2) is 105 Å². The van der Waals surface area contributed by atoms with Crippen molar-refractivity contribution in [3.8, 4) is 0 Å². The van der Waals surface area contributed by atoms with E-state index in [1.165, 1.54) is 0 Å². The average molecular weight is 611 g/mol. The van der Waals surface area contributed by atoms with Gasteiger partial charge in [0.15, 0.2) is 12.1 Å². The van der Waals surface area contributed by atoms with Crippen molar-refractivity contribution in [3.63, 3.8) is 0 Å². The largest absolute Gasteiger partial charge is 0.394 e. The van der Waals surface area contributed by atoms with Crippen LogP contribution in [-0.2, 0) is 18.9 Å². The van der Waals surface area contributed by atoms with E-state index in [-0.39, 0.29) is 40.8 Å². The third-order valence-corrected chi connectivity index (χ3v) is 14.1. The van der Waals surface area contributed by atoms with Crippen LogP contribution in [0, 0.1) is 52.3 Å². The monoisotopic (exact) mass is 610 g/mol. The molecule has 10 heteroatoms. The summed E-state index contributed by atoms with van der Waals surface area (Å²) in [6.45, 7) is 9.23. The lowest BCUT2D eigenvalue weighted by Crippen LogP contribution is -2.63. The first-order valence-electron chi connectivity index (χ1n) is 17.0. The highest BCUT2D eigenvalue weighted by molar-refractivity contribution is 5.17. The Morgan fingerprint density at radius 3 is 2.28 bits per heavy atom. The van der Waals surface area contributed by atoms with Gasteiger partial charge in [0.2, 0.25) is 0 Å². The van der Waals surface area contributed by atoms with E-state index in [2.05, 4.69) is 27.7 Å². The number of aliphatic hydroxyl groups excluding tert-OH is 6. The van der Waals surface area contributed by atoms with Gasteiger partial charge in [-0.25, -0.2) is 0 Å². The molecule has 3 heterocycles. The van der Waals surface area contributed by atoms with Gasteiger partial charge in [0.05, 0.1) is 31.5 Å². The SMILES string of the molecule is C[C@H]1CO[C@@]2(O[C@H]3C[C@H]4[C@@H]5C[C@H](O[C@@H]6O[C@H](CO)[C@@H](O)[C@H](O)[C@H]6O)[C@H]6C[C@@H](O)CC[C@]6(C)[C@H]5CC[C@]4(C)[C@H]3[C@@H]2C)[C@@H](O)C1. The Morgan fingerprint density at radius 1 is 0.814 bits per heavy atom. The first kappa shape index (κ1) is 31.2. The van der Waals surface area contributed by atoms with Crippen LogP contribution in [0.25, 0.3) is 0 Å². The van der Waals surface area contributed by atoms with Gasteiger partial charge >= 0.3 is 0 Å². The van der Waals surface area contributed by atoms with E-state index in [0.717, 1.165) is 38.5 Å². The standard InChI is InChI=1S/C33H54O10/c1-15-9-25(36)33(40-14-15)16(2)26-23(43-33)12-20-18-11-22(41-30-29(39)28(38)27(37)24(13-34)42-30)21-10-17(35)5-7-31(21,3)19(18)6-8-32(20,26)4/h15-30,34-39H,5-14H2,1-4H3/t15-,16+,17+,18-,19+,20+,21-,22+,23+,24-,25+,26+,27-,28+,29-,30-,31-,32+,33+/m1/s1. The fourth-order valence-corrected chi connectivity index (χ4v) is 11.9. The number of hydrogen-bond donors (Lipinski definition) is 6. The summed E-state index contributed by atoms with van der Waals surface area (Å²) in [6, 6.07) is 0. The molecule has 0 amide bonds. The van der Waals surface area contributed by atoms with Crippen molar-refractivity contribution < 1.29 is 49.6 Å². The van der Waals surface area contributed by atoms with Crippen molar-refractivity contribution in [2.24, 2.45) is 52.3 Å². The molecule has 6 N–H and O–H groups in total. The molecule has 3 saturated heterocycles. The Bertz CT molecular complexity index is 1040. The van der Waals surface area contributed by atoms with Crippen LogP contribution in [0.5, 0.6) is 0 Å². The number of rotatable bonds is 3. The van der Waals surface area contributed by atoms with Crippen LogP contribution in [0.4, 0.5) is 0 Å². The molecule has 19 atom stereocenters. The van der Waals surface area contributed by atoms with Gasteiger partial charge in [-0.1, -0.05) is 27.7 Å². The van der Waals surface area contributed by atoms with Gasteiger partial charge in [-0.15, -0.1) is 0 Å². The molecule has 3 aliphatic heterocycles. The topological polar surface area (TPSA) is 158 Å². The Hall–Kier alpha value is -0.400. The molecule has 0 radical (unpaired) electrons. The lowest BCUT2D eigenvalue weighted by Gasteiger charge is -2.63. The molecular weight excluding hydrogens is 556 g/mol. The van der Waals surface area contributed by atoms with E-state index in [9.17, 15) is 30.6 Å². The third kappa shape index (κ3) is 4.49. The second-order valence-electron chi connectivity index (χ2n) is 16.2. The highest BCUT2D eigenvalue weighted by Gasteiger charge is 2.71. The number of fused-ring (bicyclic) bond motifs is 7. The zero-order valence-corrected chi connectivity index (χ0v) is 26.1. The van der Waals surface area contributed by atoms with Crippen molar-refractivity contribution in [3.05, 3.63) is 0 Å². The van der Waals surface area contributed by atoms with Crippen LogP contribution in [0.1, 0.15) is 79.1 Å². The number of aliphatic hydroxyl groups is 6. The van der Waals surface area contributed by atoms with Gasteiger partial charge in [-0.2, -0.15) is 0 Å². The lowest BCUT2D eigenvalue weighted by atomic mass is 9.43. The quantitative estimate of drug-likeness (QED) is 0.259. The van der Waals surface area contributed by atoms with Gasteiger partial charge in [-0.3, -0.25) is 0 Å². The summed E-state index contributed by atoms with van der Waals surface area (Å²) in [7, 11) is 0. The van der Waals surface area contributed by atoms with Crippen LogP contribution >= 0.6 is 0 Å². The van der Waals surface area contributed by atoms with Crippen molar-refractivity contribution in [1.82, 2.24) is 0 Å². The van der Waals surface area contributed by atoms with Crippen LogP contribution in [0.15, 0.2) is 0 Å². The molecule has 0 bridgehead atoms. The maximum absolute atomic E-state index is 11.2. The van der Waals surface area contributed by atoms with Gasteiger partial charge < -0.3 is 49.6 Å². The molecule has 4 saturated carbocycles. The molecule has 1 spiro atoms. The summed E-state index contributed by atoms with van der Waals surface area (Å²) >= 11 is 0. The van der Waals surface area contributed by atoms with Crippen molar-refractivity contribution in [2.45, 2.75) is 140 Å². The van der Waals surface area contributed by atoms with Gasteiger partial charge in [0, 0.05) is 5.92 Å². The third-order valence-electron chi connectivity index (χ3n) is 14.1. The predicted octanol–water partition coefficient (Wildman–Crippen LogP) is 1.56. The highest BCUT2D eigenvalue weighted by Crippen LogP contribution is 2.71. The summed E-state index contributed by atoms with van der Waals surface area (Å²) in [5, 5.41) is 63.4. The van der Waals surface area contributed by atoms with E-state index in [4.69, 9.17) is 18.9 Å². The molecule has 0 unspecified atom stereocenters. The lowest BCUT2D eigenvalue weighted by molar-refractivity contribution is -0.329. The van der Waals surface area contributed by atoms with E-state index in [1.54, 1.807) is 0 Å². The molecule has 0 aromatic rings. The minimum atomic E-state index is -1.49. The molecule has 7 aliphatic rings. The first-order valence-corrected chi connectivity index (χ1v) is 17.0. The number of ether oxygens (including phenoxy) is 4. The fraction of sp³-hybridized carbons (Fsp3) is 1.00. The molecular formula is C33H54O10. The molecule has 246 valence electrons. The Kier molecular flexibility index (Phi) is 7.86. The maximum atomic E-state index is 11.2. The number of hydrogen-bond acceptors (Lipinski definition) is 10. The average Bonchev–Trinajstić information content (AvgIpc) is 3.42. The van der Waals surface area contributed by atoms with Crippen molar-refractivity contribution >= 4 is 0 Å². The summed E-state index contributed by atoms with van der Waals surface area (Å²) in [4.78, 5) is 0. The van der Waals surface area contributed by atoms with E-state index < -0.39 is 55.3 Å². The molecule has 7 rings (SSSR count). The minimum Gasteiger partial charge on any atom is -0.394 e. The summed E-state index contributed by atoms with van der Waals surface area (Å²) < 4.78 is 25.6. The Morgan fingerprint density at radius 2 is 1.56 bits per heavy atom. The van der Waals surface area contributed by atoms with E-state index in [1.807, 2.05) is 0 Å². The van der Waals surface area contributed by atoms with Gasteiger partial charge in [0.1, 0.15) is 30.5 Å². The van der Waals surface area contributed by atoms with Crippen LogP contribution < -0.4 is 0 Å². The molecule has 7 fully saturated rings. The zero-order chi connectivity index (χ0) is 30.6. The van der Waals surface area contributed by atoms with Gasteiger partial charge in [-0.05, 0) is 97.7 Å². The Labute approximate surface area is 255 Å². The molecule has 0 aromatic carbocycles. The maximum Gasteiger partial charge on any atom is 0.197 e. The Balaban J connectivity index is 1.17. The summed E-state index contributed by atoms with van der Waals surface area (Å²) in [5.41, 5.74) is -0.0432. The van der Waals surface area contributed by atoms with Crippen LogP contribution in [0.2, 0.25) is 0 Å². The second-order valence-corrected chi connectivity index (χ2v) is 16.2. The fourth-order valence-electron chi connectivity index (χ4n) is 11.9. The smallest absolute Gasteiger partial charge is 0.197 e. The normalized spacial score (nSPS) is 61.5. The van der Waals surface area contributed by atoms with E-state index in [0.29, 0.717) is 43.1 Å². The van der Waals surface area contributed by atoms with Crippen molar-refractivity contribution in [2.75, 3.05) is 13.2 Å². The second kappa shape index (κ2) is 10.8. The van der Waals surface area contributed by atoms with Crippen molar-refractivity contribution in [1.29, 1.82) is 0 Å². The van der Waals surface area contributed by atoms with E-state index >= 15 is 0 Å². The molecule has 4 aliphatic carbocycles. The zero-order valence-electron chi connectivity index (χ0n) is 26.1. The van der Waals surface area contributed by atoms with Gasteiger partial charge in [0.25, 0.3) is 0 Å². The van der Waals surface area contributed by atoms with Crippen LogP contribution in [0.3, 0.4) is 0 Å². The molecule has 0 aromatic heterocycles. The predicted molar refractivity (Wildman–Crippen MR) is 153 cm³/mol. The minimum absolute atomic E-state index is 0.0198. The highest BCUT2D eigenvalue weighted by atomic mass is 16.7.